The zero-order valence-electron chi connectivity index (χ0n) is 12.5. The van der Waals surface area contributed by atoms with E-state index in [1.807, 2.05) is 0 Å². The first-order valence-electron chi connectivity index (χ1n) is 7.59. The molecule has 3 rings (SSSR count). The van der Waals surface area contributed by atoms with Crippen LogP contribution in [0, 0.1) is 24.1 Å². The number of urea groups is 1. The van der Waals surface area contributed by atoms with Crippen molar-refractivity contribution in [2.75, 3.05) is 18.0 Å². The maximum atomic E-state index is 14.0. The lowest BCUT2D eigenvalue weighted by Gasteiger charge is -2.18. The Morgan fingerprint density at radius 3 is 2.91 bits per heavy atom. The molecule has 23 heavy (non-hydrogen) atoms. The molecule has 2 amide bonds. The van der Waals surface area contributed by atoms with E-state index >= 15 is 0 Å². The van der Waals surface area contributed by atoms with Gasteiger partial charge in [0.15, 0.2) is 0 Å². The monoisotopic (exact) mass is 316 g/mol. The third kappa shape index (κ3) is 3.29. The fourth-order valence-corrected chi connectivity index (χ4v) is 2.65. The van der Waals surface area contributed by atoms with Gasteiger partial charge in [0.05, 0.1) is 5.56 Å². The average molecular weight is 316 g/mol. The Morgan fingerprint density at radius 1 is 1.52 bits per heavy atom. The second kappa shape index (κ2) is 6.29. The van der Waals surface area contributed by atoms with Gasteiger partial charge in [-0.1, -0.05) is 0 Å². The summed E-state index contributed by atoms with van der Waals surface area (Å²) in [6, 6.07) is 3.73. The highest BCUT2D eigenvalue weighted by molar-refractivity contribution is 5.96. The summed E-state index contributed by atoms with van der Waals surface area (Å²) < 4.78 is 19.4. The van der Waals surface area contributed by atoms with Crippen LogP contribution in [-0.4, -0.2) is 31.2 Å². The number of anilines is 1. The highest BCUT2D eigenvalue weighted by Gasteiger charge is 2.34. The van der Waals surface area contributed by atoms with Gasteiger partial charge in [-0.3, -0.25) is 4.90 Å². The smallest absolute Gasteiger partial charge is 0.341 e. The zero-order chi connectivity index (χ0) is 16.4. The molecule has 1 heterocycles. The normalized spacial score (nSPS) is 18.3. The number of halogens is 1. The Bertz CT molecular complexity index is 679. The number of carbonyl (C=O) groups is 2. The highest BCUT2D eigenvalue weighted by atomic mass is 19.1. The fraction of sp³-hybridized carbons (Fsp3) is 0.412. The van der Waals surface area contributed by atoms with Crippen molar-refractivity contribution >= 4 is 17.7 Å². The molecule has 120 valence electrons. The third-order valence-electron chi connectivity index (χ3n) is 4.06. The first kappa shape index (κ1) is 15.3. The molecule has 1 aliphatic carbocycles. The number of nitrogens with one attached hydrogen (secondary N) is 1. The van der Waals surface area contributed by atoms with Gasteiger partial charge in [-0.2, -0.15) is 0 Å². The summed E-state index contributed by atoms with van der Waals surface area (Å²) >= 11 is 0. The summed E-state index contributed by atoms with van der Waals surface area (Å²) in [5.74, 6) is 1.35. The van der Waals surface area contributed by atoms with Crippen LogP contribution in [0.25, 0.3) is 0 Å². The van der Waals surface area contributed by atoms with E-state index in [2.05, 4.69) is 11.2 Å². The van der Waals surface area contributed by atoms with Crippen molar-refractivity contribution in [2.24, 2.45) is 5.92 Å². The number of ether oxygens (including phenoxy) is 1. The second-order valence-electron chi connectivity index (χ2n) is 5.74. The minimum Gasteiger partial charge on any atom is -0.457 e. The van der Waals surface area contributed by atoms with Crippen molar-refractivity contribution in [3.63, 3.8) is 0 Å². The van der Waals surface area contributed by atoms with Crippen molar-refractivity contribution < 1.29 is 18.7 Å². The Hall–Kier alpha value is -2.55. The molecule has 5 nitrogen and oxygen atoms in total. The van der Waals surface area contributed by atoms with Gasteiger partial charge in [0.1, 0.15) is 11.9 Å². The molecule has 2 fully saturated rings. The molecule has 0 aromatic heterocycles. The molecule has 1 aromatic carbocycles. The predicted molar refractivity (Wildman–Crippen MR) is 82.5 cm³/mol. The van der Waals surface area contributed by atoms with Gasteiger partial charge in [-0.05, 0) is 37.0 Å². The predicted octanol–water partition coefficient (Wildman–Crippen LogP) is 2.31. The lowest BCUT2D eigenvalue weighted by atomic mass is 10.1. The molecule has 0 radical (unpaired) electrons. The third-order valence-corrected chi connectivity index (χ3v) is 4.06. The highest BCUT2D eigenvalue weighted by Crippen LogP contribution is 2.36. The van der Waals surface area contributed by atoms with Crippen LogP contribution in [0.1, 0.15) is 29.6 Å². The van der Waals surface area contributed by atoms with Crippen LogP contribution in [0.4, 0.5) is 14.9 Å². The lowest BCUT2D eigenvalue weighted by molar-refractivity contribution is 0.0256. The van der Waals surface area contributed by atoms with E-state index in [4.69, 9.17) is 11.2 Å². The molecule has 2 aliphatic rings. The molecular formula is C17H17FN2O3. The summed E-state index contributed by atoms with van der Waals surface area (Å²) in [5, 5.41) is 2.66. The number of rotatable bonds is 5. The second-order valence-corrected chi connectivity index (χ2v) is 5.74. The van der Waals surface area contributed by atoms with Gasteiger partial charge in [0, 0.05) is 25.2 Å². The number of benzene rings is 1. The van der Waals surface area contributed by atoms with Crippen molar-refractivity contribution in [1.29, 1.82) is 0 Å². The van der Waals surface area contributed by atoms with Gasteiger partial charge in [0.25, 0.3) is 0 Å². The van der Waals surface area contributed by atoms with E-state index in [1.54, 1.807) is 0 Å². The largest absolute Gasteiger partial charge is 0.457 e. The number of nitrogens with zero attached hydrogens (tertiary/aromatic N) is 1. The van der Waals surface area contributed by atoms with Gasteiger partial charge in [0.2, 0.25) is 0 Å². The van der Waals surface area contributed by atoms with Gasteiger partial charge < -0.3 is 10.1 Å². The van der Waals surface area contributed by atoms with Crippen molar-refractivity contribution in [3.8, 4) is 12.3 Å². The molecule has 1 aliphatic heterocycles. The molecule has 6 heteroatoms. The molecule has 0 bridgehead atoms. The molecular weight excluding hydrogens is 299 g/mol. The van der Waals surface area contributed by atoms with Crippen LogP contribution in [0.2, 0.25) is 0 Å². The molecule has 1 atom stereocenters. The van der Waals surface area contributed by atoms with Crippen LogP contribution in [-0.2, 0) is 4.74 Å². The maximum Gasteiger partial charge on any atom is 0.341 e. The Balaban J connectivity index is 1.79. The van der Waals surface area contributed by atoms with Crippen LogP contribution in [0.15, 0.2) is 18.2 Å². The van der Waals surface area contributed by atoms with Gasteiger partial charge in [-0.15, -0.1) is 12.3 Å². The topological polar surface area (TPSA) is 58.6 Å². The number of amides is 2. The first-order valence-corrected chi connectivity index (χ1v) is 7.59. The van der Waals surface area contributed by atoms with Crippen LogP contribution >= 0.6 is 0 Å². The SMILES string of the molecule is C#CCC(OC(=O)c1cc(N2CCNC2=O)ccc1F)C1CC1. The Labute approximate surface area is 133 Å². The molecule has 1 saturated carbocycles. The summed E-state index contributed by atoms with van der Waals surface area (Å²) in [5.41, 5.74) is 0.290. The maximum absolute atomic E-state index is 14.0. The minimum absolute atomic E-state index is 0.176. The average Bonchev–Trinajstić information content (AvgIpc) is 3.29. The van der Waals surface area contributed by atoms with E-state index in [0.29, 0.717) is 25.2 Å². The first-order chi connectivity index (χ1) is 11.1. The Kier molecular flexibility index (Phi) is 4.20. The molecule has 1 saturated heterocycles. The number of terminal acetylenes is 1. The van der Waals surface area contributed by atoms with E-state index in [1.165, 1.54) is 23.1 Å². The van der Waals surface area contributed by atoms with Crippen LogP contribution < -0.4 is 10.2 Å². The van der Waals surface area contributed by atoms with Gasteiger partial charge in [-0.25, -0.2) is 14.0 Å². The van der Waals surface area contributed by atoms with Crippen molar-refractivity contribution in [2.45, 2.75) is 25.4 Å². The van der Waals surface area contributed by atoms with Crippen molar-refractivity contribution in [1.82, 2.24) is 5.32 Å². The Morgan fingerprint density at radius 2 is 2.30 bits per heavy atom. The number of hydrogen-bond acceptors (Lipinski definition) is 3. The van der Waals surface area contributed by atoms with E-state index < -0.39 is 11.8 Å². The fourth-order valence-electron chi connectivity index (χ4n) is 2.65. The summed E-state index contributed by atoms with van der Waals surface area (Å²) in [7, 11) is 0. The molecule has 0 spiro atoms. The quantitative estimate of drug-likeness (QED) is 0.670. The van der Waals surface area contributed by atoms with E-state index in [9.17, 15) is 14.0 Å². The number of esters is 1. The zero-order valence-corrected chi connectivity index (χ0v) is 12.5. The van der Waals surface area contributed by atoms with E-state index in [-0.39, 0.29) is 23.6 Å². The standard InChI is InChI=1S/C17H17FN2O3/c1-2-3-15(11-4-5-11)23-16(21)13-10-12(6-7-14(13)18)20-9-8-19-17(20)22/h1,6-7,10-11,15H,3-5,8-9H2,(H,19,22). The lowest BCUT2D eigenvalue weighted by Crippen LogP contribution is -2.28. The number of carbonyl (C=O) groups excluding carboxylic acids is 2. The summed E-state index contributed by atoms with van der Waals surface area (Å²) in [6.45, 7) is 0.989. The van der Waals surface area contributed by atoms with Crippen LogP contribution in [0.5, 0.6) is 0 Å². The molecule has 1 aromatic rings. The summed E-state index contributed by atoms with van der Waals surface area (Å²) in [4.78, 5) is 25.4. The van der Waals surface area contributed by atoms with Crippen molar-refractivity contribution in [3.05, 3.63) is 29.6 Å². The molecule has 1 N–H and O–H groups in total. The number of hydrogen-bond donors (Lipinski definition) is 1. The summed E-state index contributed by atoms with van der Waals surface area (Å²) in [6.07, 6.45) is 7.19. The van der Waals surface area contributed by atoms with Gasteiger partial charge >= 0.3 is 12.0 Å². The van der Waals surface area contributed by atoms with Crippen LogP contribution in [0.3, 0.4) is 0 Å². The molecule has 1 unspecified atom stereocenters. The minimum atomic E-state index is -0.740. The van der Waals surface area contributed by atoms with E-state index in [0.717, 1.165) is 12.8 Å².